The average Bonchev–Trinajstić information content (AvgIpc) is 3.57. The first-order valence-electron chi connectivity index (χ1n) is 14.3. The summed E-state index contributed by atoms with van der Waals surface area (Å²) in [6.07, 6.45) is 9.87. The Hall–Kier alpha value is -3.69. The Kier molecular flexibility index (Phi) is 10.9. The van der Waals surface area contributed by atoms with Crippen molar-refractivity contribution in [3.05, 3.63) is 54.2 Å². The van der Waals surface area contributed by atoms with Crippen LogP contribution in [0.1, 0.15) is 79.3 Å². The molecule has 4 unspecified atom stereocenters. The number of aliphatic imine (C=N–C) groups is 1. The van der Waals surface area contributed by atoms with Crippen LogP contribution in [-0.2, 0) is 0 Å². The molecule has 4 atom stereocenters. The summed E-state index contributed by atoms with van der Waals surface area (Å²) in [7, 11) is 0. The largest absolute Gasteiger partial charge is 0.513 e. The third kappa shape index (κ3) is 7.70. The number of hydrogen-bond acceptors (Lipinski definition) is 9. The van der Waals surface area contributed by atoms with Gasteiger partial charge >= 0.3 is 0 Å². The molecule has 218 valence electrons. The Morgan fingerprint density at radius 2 is 2.00 bits per heavy atom. The van der Waals surface area contributed by atoms with Gasteiger partial charge in [0.15, 0.2) is 5.82 Å². The molecule has 4 N–H and O–H groups in total. The lowest BCUT2D eigenvalue weighted by Gasteiger charge is -2.37. The minimum Gasteiger partial charge on any atom is -0.513 e. The van der Waals surface area contributed by atoms with Crippen molar-refractivity contribution in [2.75, 3.05) is 5.32 Å². The van der Waals surface area contributed by atoms with Gasteiger partial charge in [-0.2, -0.15) is 5.10 Å². The normalized spacial score (nSPS) is 21.1. The smallest absolute Gasteiger partial charge is 0.155 e. The maximum atomic E-state index is 9.82. The van der Waals surface area contributed by atoms with E-state index < -0.39 is 0 Å². The fourth-order valence-corrected chi connectivity index (χ4v) is 5.06. The van der Waals surface area contributed by atoms with Crippen molar-refractivity contribution in [2.24, 2.45) is 16.8 Å². The van der Waals surface area contributed by atoms with E-state index >= 15 is 0 Å². The van der Waals surface area contributed by atoms with Gasteiger partial charge in [-0.15, -0.1) is 0 Å². The van der Waals surface area contributed by atoms with Gasteiger partial charge in [0.25, 0.3) is 0 Å². The molecule has 2 aliphatic heterocycles. The van der Waals surface area contributed by atoms with Crippen LogP contribution >= 0.6 is 0 Å². The predicted octanol–water partition coefficient (Wildman–Crippen LogP) is 5.98. The van der Waals surface area contributed by atoms with Gasteiger partial charge in [-0.05, 0) is 64.5 Å². The SMILES string of the molecule is C=C(O)C(C)CC1CCC(C)N1C1=C(C)C(Nc2ccc(-n3cncn3)nc2C)N=CN1.CCCC(=N)C(C)C. The van der Waals surface area contributed by atoms with Crippen molar-refractivity contribution in [1.82, 2.24) is 30.0 Å². The van der Waals surface area contributed by atoms with Crippen molar-refractivity contribution >= 4 is 17.7 Å². The van der Waals surface area contributed by atoms with E-state index in [1.807, 2.05) is 26.0 Å². The molecule has 10 heteroatoms. The molecule has 4 heterocycles. The average molecular weight is 550 g/mol. The summed E-state index contributed by atoms with van der Waals surface area (Å²) in [5.41, 5.74) is 3.80. The Labute approximate surface area is 239 Å². The molecule has 0 bridgehead atoms. The summed E-state index contributed by atoms with van der Waals surface area (Å²) in [5, 5.41) is 28.2. The summed E-state index contributed by atoms with van der Waals surface area (Å²) >= 11 is 0. The maximum Gasteiger partial charge on any atom is 0.155 e. The third-order valence-electron chi connectivity index (χ3n) is 7.68. The maximum absolute atomic E-state index is 9.82. The lowest BCUT2D eigenvalue weighted by Crippen LogP contribution is -2.44. The van der Waals surface area contributed by atoms with Crippen LogP contribution in [0.25, 0.3) is 5.82 Å². The molecule has 0 aliphatic carbocycles. The Morgan fingerprint density at radius 1 is 1.25 bits per heavy atom. The lowest BCUT2D eigenvalue weighted by molar-refractivity contribution is 0.211. The second-order valence-electron chi connectivity index (χ2n) is 11.2. The minimum absolute atomic E-state index is 0.0668. The van der Waals surface area contributed by atoms with E-state index in [-0.39, 0.29) is 17.8 Å². The van der Waals surface area contributed by atoms with Gasteiger partial charge in [-0.1, -0.05) is 40.7 Å². The van der Waals surface area contributed by atoms with Gasteiger partial charge in [-0.25, -0.2) is 19.6 Å². The van der Waals surface area contributed by atoms with Crippen LogP contribution in [0.4, 0.5) is 5.69 Å². The molecule has 0 radical (unpaired) electrons. The van der Waals surface area contributed by atoms with Gasteiger partial charge in [0.05, 0.1) is 23.5 Å². The number of aliphatic hydroxyl groups excluding tert-OH is 1. The molecule has 0 amide bonds. The molecule has 0 saturated carbocycles. The van der Waals surface area contributed by atoms with E-state index in [2.05, 4.69) is 76.8 Å². The number of allylic oxidation sites excluding steroid dienone is 1. The minimum atomic E-state index is -0.192. The highest BCUT2D eigenvalue weighted by Gasteiger charge is 2.35. The summed E-state index contributed by atoms with van der Waals surface area (Å²) in [4.78, 5) is 15.7. The molecule has 2 aromatic heterocycles. The number of nitrogens with one attached hydrogen (secondary N) is 3. The van der Waals surface area contributed by atoms with Crippen LogP contribution in [0.15, 0.2) is 53.5 Å². The molecular weight excluding hydrogens is 502 g/mol. The van der Waals surface area contributed by atoms with Crippen LogP contribution in [0, 0.1) is 24.2 Å². The fraction of sp³-hybridized carbons (Fsp3) is 0.567. The number of aryl methyl sites for hydroxylation is 1. The summed E-state index contributed by atoms with van der Waals surface area (Å²) in [6, 6.07) is 4.67. The number of pyridine rings is 1. The Morgan fingerprint density at radius 3 is 2.58 bits per heavy atom. The highest BCUT2D eigenvalue weighted by atomic mass is 16.3. The monoisotopic (exact) mass is 549 g/mol. The van der Waals surface area contributed by atoms with E-state index in [9.17, 15) is 5.11 Å². The molecule has 2 aliphatic rings. The number of anilines is 1. The molecule has 0 aromatic carbocycles. The molecular formula is C30H47N9O. The second kappa shape index (κ2) is 14.1. The van der Waals surface area contributed by atoms with E-state index in [0.717, 1.165) is 66.4 Å². The van der Waals surface area contributed by atoms with Crippen LogP contribution in [0.2, 0.25) is 0 Å². The lowest BCUT2D eigenvalue weighted by atomic mass is 9.98. The Balaban J connectivity index is 0.000000482. The van der Waals surface area contributed by atoms with Crippen LogP contribution < -0.4 is 10.6 Å². The number of hydrogen-bond donors (Lipinski definition) is 4. The number of likely N-dealkylation sites (tertiary alicyclic amines) is 1. The van der Waals surface area contributed by atoms with Gasteiger partial charge in [-0.3, -0.25) is 0 Å². The molecule has 0 spiro atoms. The quantitative estimate of drug-likeness (QED) is 0.212. The molecule has 1 saturated heterocycles. The van der Waals surface area contributed by atoms with Crippen LogP contribution in [0.5, 0.6) is 0 Å². The molecule has 1 fully saturated rings. The van der Waals surface area contributed by atoms with Gasteiger partial charge in [0.1, 0.15) is 24.6 Å². The topological polar surface area (TPSA) is 127 Å². The molecule has 2 aromatic rings. The number of nitrogens with zero attached hydrogens (tertiary/aromatic N) is 6. The zero-order chi connectivity index (χ0) is 29.4. The number of aliphatic hydroxyl groups is 1. The van der Waals surface area contributed by atoms with E-state index in [4.69, 9.17) is 5.41 Å². The third-order valence-corrected chi connectivity index (χ3v) is 7.68. The standard InChI is InChI=1S/C23H32N8O.C7H15N/c1-14(18(5)32)10-19-7-6-15(2)31(19)23-16(3)22(25-12-26-23)29-20-8-9-21(28-17(20)4)30-13-24-11-27-30;1-4-5-7(8)6(2)3/h8-9,11-15,19,22,29,32H,5-7,10H2,1-4H3,(H,25,26);6,8H,4-5H2,1-3H3. The summed E-state index contributed by atoms with van der Waals surface area (Å²) in [6.45, 7) is 18.3. The first kappa shape index (κ1) is 30.8. The van der Waals surface area contributed by atoms with Gasteiger partial charge in [0, 0.05) is 29.3 Å². The molecule has 10 nitrogen and oxygen atoms in total. The summed E-state index contributed by atoms with van der Waals surface area (Å²) < 4.78 is 1.64. The van der Waals surface area contributed by atoms with Crippen molar-refractivity contribution in [2.45, 2.75) is 98.8 Å². The van der Waals surface area contributed by atoms with Crippen LogP contribution in [0.3, 0.4) is 0 Å². The zero-order valence-electron chi connectivity index (χ0n) is 25.1. The molecule has 4 rings (SSSR count). The van der Waals surface area contributed by atoms with Gasteiger partial charge < -0.3 is 26.0 Å². The second-order valence-corrected chi connectivity index (χ2v) is 11.2. The highest BCUT2D eigenvalue weighted by Crippen LogP contribution is 2.34. The van der Waals surface area contributed by atoms with Crippen molar-refractivity contribution in [3.8, 4) is 5.82 Å². The number of aromatic nitrogens is 4. The van der Waals surface area contributed by atoms with Crippen molar-refractivity contribution in [1.29, 1.82) is 5.41 Å². The first-order chi connectivity index (χ1) is 19.0. The number of rotatable bonds is 10. The van der Waals surface area contributed by atoms with E-state index in [0.29, 0.717) is 18.0 Å². The molecule has 40 heavy (non-hydrogen) atoms. The first-order valence-corrected chi connectivity index (χ1v) is 14.3. The highest BCUT2D eigenvalue weighted by molar-refractivity contribution is 5.82. The van der Waals surface area contributed by atoms with Crippen molar-refractivity contribution in [3.63, 3.8) is 0 Å². The summed E-state index contributed by atoms with van der Waals surface area (Å²) in [5.74, 6) is 2.59. The van der Waals surface area contributed by atoms with Crippen LogP contribution in [-0.4, -0.2) is 60.1 Å². The van der Waals surface area contributed by atoms with Crippen molar-refractivity contribution < 1.29 is 5.11 Å². The fourth-order valence-electron chi connectivity index (χ4n) is 5.06. The predicted molar refractivity (Wildman–Crippen MR) is 163 cm³/mol. The Bertz CT molecular complexity index is 1200. The van der Waals surface area contributed by atoms with E-state index in [1.54, 1.807) is 17.3 Å². The zero-order valence-corrected chi connectivity index (χ0v) is 25.1. The van der Waals surface area contributed by atoms with E-state index in [1.165, 1.54) is 6.33 Å². The van der Waals surface area contributed by atoms with Gasteiger partial charge in [0.2, 0.25) is 0 Å².